The number of aromatic nitrogens is 3. The second-order valence-corrected chi connectivity index (χ2v) is 6.69. The molecule has 0 spiro atoms. The molecule has 0 saturated carbocycles. The lowest BCUT2D eigenvalue weighted by Crippen LogP contribution is -2.49. The highest BCUT2D eigenvalue weighted by molar-refractivity contribution is 6.33. The van der Waals surface area contributed by atoms with E-state index in [-0.39, 0.29) is 5.91 Å². The number of rotatable bonds is 3. The predicted octanol–water partition coefficient (Wildman–Crippen LogP) is 3.06. The number of carbonyl (C=O) groups excluding carboxylic acids is 1. The quantitative estimate of drug-likeness (QED) is 0.692. The summed E-state index contributed by atoms with van der Waals surface area (Å²) in [5.74, 6) is 0.412. The van der Waals surface area contributed by atoms with Crippen molar-refractivity contribution >= 4 is 23.2 Å². The molecule has 0 aliphatic carbocycles. The number of halogens is 1. The number of hydrogen-bond acceptors (Lipinski definition) is 6. The number of pyridine rings is 2. The van der Waals surface area contributed by atoms with Crippen LogP contribution in [0.4, 0.5) is 5.69 Å². The zero-order chi connectivity index (χ0) is 18.8. The zero-order valence-electron chi connectivity index (χ0n) is 14.8. The molecule has 8 heteroatoms. The van der Waals surface area contributed by atoms with Crippen molar-refractivity contribution in [3.05, 3.63) is 59.2 Å². The summed E-state index contributed by atoms with van der Waals surface area (Å²) < 4.78 is 5.30. The zero-order valence-corrected chi connectivity index (χ0v) is 15.6. The van der Waals surface area contributed by atoms with E-state index >= 15 is 0 Å². The number of amides is 1. The molecular weight excluding hydrogens is 366 g/mol. The van der Waals surface area contributed by atoms with Gasteiger partial charge in [-0.05, 0) is 25.1 Å². The number of hydrogen-bond donors (Lipinski definition) is 0. The average molecular weight is 384 g/mol. The van der Waals surface area contributed by atoms with Crippen LogP contribution in [0.15, 0.2) is 47.4 Å². The summed E-state index contributed by atoms with van der Waals surface area (Å²) in [6.07, 6.45) is 5.03. The van der Waals surface area contributed by atoms with Crippen molar-refractivity contribution in [1.82, 2.24) is 20.0 Å². The van der Waals surface area contributed by atoms with Crippen LogP contribution in [0.5, 0.6) is 0 Å². The minimum absolute atomic E-state index is 0.0881. The normalized spacial score (nSPS) is 14.4. The molecule has 7 nitrogen and oxygen atoms in total. The summed E-state index contributed by atoms with van der Waals surface area (Å²) in [6.45, 7) is 4.31. The number of nitrogens with zero attached hydrogens (tertiary/aromatic N) is 5. The van der Waals surface area contributed by atoms with Gasteiger partial charge in [0.15, 0.2) is 0 Å². The minimum atomic E-state index is -0.0881. The van der Waals surface area contributed by atoms with E-state index in [0.717, 1.165) is 5.69 Å². The third kappa shape index (κ3) is 3.38. The highest BCUT2D eigenvalue weighted by Gasteiger charge is 2.29. The predicted molar refractivity (Wildman–Crippen MR) is 102 cm³/mol. The van der Waals surface area contributed by atoms with Gasteiger partial charge in [-0.2, -0.15) is 0 Å². The fourth-order valence-corrected chi connectivity index (χ4v) is 3.47. The standard InChI is InChI=1S/C19H18ClN5O2/c1-13-17(18(23-27-13)15-4-2-3-6-22-15)19(26)25-10-8-24(9-11-25)16-5-7-21-12-14(16)20/h2-7,12H,8-11H2,1H3. The van der Waals surface area contributed by atoms with Crippen molar-refractivity contribution in [2.24, 2.45) is 0 Å². The molecule has 0 radical (unpaired) electrons. The molecule has 0 aromatic carbocycles. The van der Waals surface area contributed by atoms with Crippen LogP contribution in [-0.2, 0) is 0 Å². The van der Waals surface area contributed by atoms with Crippen molar-refractivity contribution in [1.29, 1.82) is 0 Å². The molecule has 3 aromatic heterocycles. The second-order valence-electron chi connectivity index (χ2n) is 6.28. The first-order valence-electron chi connectivity index (χ1n) is 8.66. The lowest BCUT2D eigenvalue weighted by atomic mass is 10.1. The van der Waals surface area contributed by atoms with Crippen molar-refractivity contribution < 1.29 is 9.32 Å². The van der Waals surface area contributed by atoms with Gasteiger partial charge in [-0.15, -0.1) is 0 Å². The fraction of sp³-hybridized carbons (Fsp3) is 0.263. The van der Waals surface area contributed by atoms with Gasteiger partial charge in [0.1, 0.15) is 17.0 Å². The monoisotopic (exact) mass is 383 g/mol. The Balaban J connectivity index is 1.53. The summed E-state index contributed by atoms with van der Waals surface area (Å²) >= 11 is 6.23. The largest absolute Gasteiger partial charge is 0.367 e. The molecule has 0 atom stereocenters. The summed E-state index contributed by atoms with van der Waals surface area (Å²) in [5.41, 5.74) is 2.52. The molecule has 0 N–H and O–H groups in total. The third-order valence-electron chi connectivity index (χ3n) is 4.64. The van der Waals surface area contributed by atoms with Crippen molar-refractivity contribution in [3.8, 4) is 11.4 Å². The number of aryl methyl sites for hydroxylation is 1. The minimum Gasteiger partial charge on any atom is -0.367 e. The molecule has 0 bridgehead atoms. The van der Waals surface area contributed by atoms with Crippen molar-refractivity contribution in [3.63, 3.8) is 0 Å². The first-order chi connectivity index (χ1) is 13.1. The van der Waals surface area contributed by atoms with Crippen LogP contribution in [0.3, 0.4) is 0 Å². The van der Waals surface area contributed by atoms with E-state index in [0.29, 0.717) is 53.9 Å². The van der Waals surface area contributed by atoms with Gasteiger partial charge in [0.2, 0.25) is 0 Å². The van der Waals surface area contributed by atoms with Crippen LogP contribution in [0.1, 0.15) is 16.1 Å². The molecule has 1 amide bonds. The number of anilines is 1. The molecular formula is C19H18ClN5O2. The lowest BCUT2D eigenvalue weighted by molar-refractivity contribution is 0.0745. The van der Waals surface area contributed by atoms with E-state index in [9.17, 15) is 4.79 Å². The molecule has 1 aliphatic heterocycles. The SMILES string of the molecule is Cc1onc(-c2ccccn2)c1C(=O)N1CCN(c2ccncc2Cl)CC1. The van der Waals surface area contributed by atoms with Crippen LogP contribution < -0.4 is 4.90 Å². The molecule has 138 valence electrons. The van der Waals surface area contributed by atoms with Gasteiger partial charge >= 0.3 is 0 Å². The summed E-state index contributed by atoms with van der Waals surface area (Å²) in [6, 6.07) is 7.39. The van der Waals surface area contributed by atoms with Crippen LogP contribution >= 0.6 is 11.6 Å². The van der Waals surface area contributed by atoms with E-state index in [1.54, 1.807) is 25.5 Å². The van der Waals surface area contributed by atoms with Gasteiger partial charge in [-0.3, -0.25) is 14.8 Å². The molecule has 4 rings (SSSR count). The summed E-state index contributed by atoms with van der Waals surface area (Å²) in [7, 11) is 0. The topological polar surface area (TPSA) is 75.4 Å². The molecule has 27 heavy (non-hydrogen) atoms. The summed E-state index contributed by atoms with van der Waals surface area (Å²) in [5, 5.41) is 4.67. The van der Waals surface area contributed by atoms with Crippen LogP contribution in [0.2, 0.25) is 5.02 Å². The Kier molecular flexibility index (Phi) is 4.77. The van der Waals surface area contributed by atoms with E-state index in [4.69, 9.17) is 16.1 Å². The van der Waals surface area contributed by atoms with Gasteiger partial charge in [0, 0.05) is 44.8 Å². The van der Waals surface area contributed by atoms with Gasteiger partial charge in [0.05, 0.1) is 16.4 Å². The molecule has 1 aliphatic rings. The maximum Gasteiger partial charge on any atom is 0.259 e. The van der Waals surface area contributed by atoms with Crippen LogP contribution in [0.25, 0.3) is 11.4 Å². The van der Waals surface area contributed by atoms with Gasteiger partial charge in [0.25, 0.3) is 5.91 Å². The van der Waals surface area contributed by atoms with Crippen LogP contribution in [-0.4, -0.2) is 52.1 Å². The highest BCUT2D eigenvalue weighted by atomic mass is 35.5. The maximum atomic E-state index is 13.1. The molecule has 1 fully saturated rings. The maximum absolute atomic E-state index is 13.1. The van der Waals surface area contributed by atoms with Crippen molar-refractivity contribution in [2.75, 3.05) is 31.1 Å². The first kappa shape index (κ1) is 17.5. The fourth-order valence-electron chi connectivity index (χ4n) is 3.23. The molecule has 4 heterocycles. The van der Waals surface area contributed by atoms with E-state index in [1.807, 2.05) is 29.2 Å². The third-order valence-corrected chi connectivity index (χ3v) is 4.93. The van der Waals surface area contributed by atoms with E-state index < -0.39 is 0 Å². The molecule has 0 unspecified atom stereocenters. The van der Waals surface area contributed by atoms with Gasteiger partial charge < -0.3 is 14.3 Å². The van der Waals surface area contributed by atoms with E-state index in [1.165, 1.54) is 0 Å². The Morgan fingerprint density at radius 2 is 1.96 bits per heavy atom. The highest BCUT2D eigenvalue weighted by Crippen LogP contribution is 2.28. The van der Waals surface area contributed by atoms with Gasteiger partial charge in [-0.25, -0.2) is 0 Å². The molecule has 3 aromatic rings. The number of carbonyl (C=O) groups is 1. The Bertz CT molecular complexity index is 952. The first-order valence-corrected chi connectivity index (χ1v) is 9.04. The average Bonchev–Trinajstić information content (AvgIpc) is 3.10. The van der Waals surface area contributed by atoms with Gasteiger partial charge in [-0.1, -0.05) is 22.8 Å². The van der Waals surface area contributed by atoms with Crippen molar-refractivity contribution in [2.45, 2.75) is 6.92 Å². The second kappa shape index (κ2) is 7.36. The Morgan fingerprint density at radius 1 is 1.15 bits per heavy atom. The number of piperazine rings is 1. The van der Waals surface area contributed by atoms with Crippen LogP contribution in [0, 0.1) is 6.92 Å². The molecule has 1 saturated heterocycles. The lowest BCUT2D eigenvalue weighted by Gasteiger charge is -2.36. The Hall–Kier alpha value is -2.93. The summed E-state index contributed by atoms with van der Waals surface area (Å²) in [4.78, 5) is 25.4. The van der Waals surface area contributed by atoms with E-state index in [2.05, 4.69) is 20.0 Å². The smallest absolute Gasteiger partial charge is 0.259 e. The Labute approximate surface area is 161 Å². The Morgan fingerprint density at radius 3 is 2.67 bits per heavy atom.